The highest BCUT2D eigenvalue weighted by molar-refractivity contribution is 5.98. The summed E-state index contributed by atoms with van der Waals surface area (Å²) in [7, 11) is 3.21. The number of aromatic amines is 1. The SMILES string of the molecule is CNC(=O)c1ccc2cc(OC)[nH]c2c1. The van der Waals surface area contributed by atoms with Gasteiger partial charge in [0.15, 0.2) is 5.88 Å². The predicted molar refractivity (Wildman–Crippen MR) is 58.2 cm³/mol. The van der Waals surface area contributed by atoms with Crippen molar-refractivity contribution in [2.75, 3.05) is 14.2 Å². The molecule has 0 saturated carbocycles. The molecule has 78 valence electrons. The maximum Gasteiger partial charge on any atom is 0.251 e. The Hall–Kier alpha value is -1.97. The first-order valence-electron chi connectivity index (χ1n) is 4.63. The van der Waals surface area contributed by atoms with Crippen molar-refractivity contribution >= 4 is 16.8 Å². The summed E-state index contributed by atoms with van der Waals surface area (Å²) in [6.07, 6.45) is 0. The predicted octanol–water partition coefficient (Wildman–Crippen LogP) is 1.54. The fourth-order valence-electron chi connectivity index (χ4n) is 1.50. The lowest BCUT2D eigenvalue weighted by atomic mass is 10.1. The van der Waals surface area contributed by atoms with Crippen molar-refractivity contribution in [3.63, 3.8) is 0 Å². The largest absolute Gasteiger partial charge is 0.482 e. The molecule has 2 N–H and O–H groups in total. The Morgan fingerprint density at radius 3 is 2.87 bits per heavy atom. The summed E-state index contributed by atoms with van der Waals surface area (Å²) in [5.74, 6) is 0.601. The molecule has 1 heterocycles. The Kier molecular flexibility index (Phi) is 2.33. The number of nitrogens with one attached hydrogen (secondary N) is 2. The van der Waals surface area contributed by atoms with Gasteiger partial charge in [-0.1, -0.05) is 6.07 Å². The van der Waals surface area contributed by atoms with Crippen LogP contribution in [0.15, 0.2) is 24.3 Å². The molecule has 0 unspecified atom stereocenters. The van der Waals surface area contributed by atoms with Crippen molar-refractivity contribution in [1.82, 2.24) is 10.3 Å². The van der Waals surface area contributed by atoms with Crippen LogP contribution >= 0.6 is 0 Å². The van der Waals surface area contributed by atoms with Gasteiger partial charge in [0.1, 0.15) is 0 Å². The molecule has 0 bridgehead atoms. The smallest absolute Gasteiger partial charge is 0.251 e. The van der Waals surface area contributed by atoms with Gasteiger partial charge in [0.2, 0.25) is 0 Å². The average Bonchev–Trinajstić information content (AvgIpc) is 2.69. The Morgan fingerprint density at radius 2 is 2.20 bits per heavy atom. The molecule has 0 fully saturated rings. The summed E-state index contributed by atoms with van der Waals surface area (Å²) in [4.78, 5) is 14.4. The minimum atomic E-state index is -0.0922. The standard InChI is InChI=1S/C11H12N2O2/c1-12-11(14)8-4-3-7-6-10(15-2)13-9(7)5-8/h3-6,13H,1-2H3,(H,12,14). The van der Waals surface area contributed by atoms with E-state index in [2.05, 4.69) is 10.3 Å². The topological polar surface area (TPSA) is 54.1 Å². The van der Waals surface area contributed by atoms with Gasteiger partial charge < -0.3 is 15.0 Å². The molecule has 2 aromatic rings. The molecule has 0 radical (unpaired) electrons. The van der Waals surface area contributed by atoms with Crippen LogP contribution in [0.3, 0.4) is 0 Å². The third-order valence-electron chi connectivity index (χ3n) is 2.31. The number of benzene rings is 1. The monoisotopic (exact) mass is 204 g/mol. The molecule has 1 amide bonds. The molecule has 2 rings (SSSR count). The lowest BCUT2D eigenvalue weighted by Gasteiger charge is -1.98. The van der Waals surface area contributed by atoms with E-state index in [0.717, 1.165) is 10.9 Å². The number of aromatic nitrogens is 1. The fourth-order valence-corrected chi connectivity index (χ4v) is 1.50. The number of rotatable bonds is 2. The minimum Gasteiger partial charge on any atom is -0.482 e. The van der Waals surface area contributed by atoms with Crippen LogP contribution in [0.2, 0.25) is 0 Å². The number of amides is 1. The number of H-pyrrole nitrogens is 1. The maximum atomic E-state index is 11.4. The van der Waals surface area contributed by atoms with Crippen LogP contribution in [-0.2, 0) is 0 Å². The molecule has 0 aliphatic heterocycles. The average molecular weight is 204 g/mol. The number of methoxy groups -OCH3 is 1. The van der Waals surface area contributed by atoms with Crippen molar-refractivity contribution in [3.05, 3.63) is 29.8 Å². The number of hydrogen-bond acceptors (Lipinski definition) is 2. The quantitative estimate of drug-likeness (QED) is 0.779. The molecule has 0 saturated heterocycles. The van der Waals surface area contributed by atoms with Gasteiger partial charge >= 0.3 is 0 Å². The van der Waals surface area contributed by atoms with Gasteiger partial charge in [-0.25, -0.2) is 0 Å². The fraction of sp³-hybridized carbons (Fsp3) is 0.182. The summed E-state index contributed by atoms with van der Waals surface area (Å²) in [5, 5.41) is 3.61. The van der Waals surface area contributed by atoms with E-state index in [1.54, 1.807) is 26.3 Å². The second kappa shape index (κ2) is 3.65. The van der Waals surface area contributed by atoms with E-state index in [4.69, 9.17) is 4.74 Å². The molecule has 0 aliphatic carbocycles. The van der Waals surface area contributed by atoms with Crippen LogP contribution in [0.25, 0.3) is 10.9 Å². The lowest BCUT2D eigenvalue weighted by Crippen LogP contribution is -2.17. The van der Waals surface area contributed by atoms with Crippen molar-refractivity contribution in [2.24, 2.45) is 0 Å². The zero-order valence-corrected chi connectivity index (χ0v) is 8.63. The highest BCUT2D eigenvalue weighted by atomic mass is 16.5. The molecule has 1 aromatic carbocycles. The van der Waals surface area contributed by atoms with Gasteiger partial charge in [0.25, 0.3) is 5.91 Å². The van der Waals surface area contributed by atoms with Crippen molar-refractivity contribution in [2.45, 2.75) is 0 Å². The molecule has 0 aliphatic rings. The molecule has 4 heteroatoms. The molecule has 0 atom stereocenters. The van der Waals surface area contributed by atoms with Crippen molar-refractivity contribution in [1.29, 1.82) is 0 Å². The summed E-state index contributed by atoms with van der Waals surface area (Å²) in [6, 6.07) is 7.37. The van der Waals surface area contributed by atoms with Gasteiger partial charge in [0.05, 0.1) is 7.11 Å². The highest BCUT2D eigenvalue weighted by Gasteiger charge is 2.06. The first-order chi connectivity index (χ1) is 7.24. The third kappa shape index (κ3) is 1.66. The number of carbonyl (C=O) groups excluding carboxylic acids is 1. The van der Waals surface area contributed by atoms with Crippen molar-refractivity contribution in [3.8, 4) is 5.88 Å². The first-order valence-corrected chi connectivity index (χ1v) is 4.63. The summed E-state index contributed by atoms with van der Waals surface area (Å²) in [6.45, 7) is 0. The van der Waals surface area contributed by atoms with E-state index in [0.29, 0.717) is 11.4 Å². The zero-order valence-electron chi connectivity index (χ0n) is 8.63. The van der Waals surface area contributed by atoms with Gasteiger partial charge in [-0.2, -0.15) is 0 Å². The summed E-state index contributed by atoms with van der Waals surface area (Å²) >= 11 is 0. The van der Waals surface area contributed by atoms with E-state index in [-0.39, 0.29) is 5.91 Å². The van der Waals surface area contributed by atoms with Crippen LogP contribution in [0, 0.1) is 0 Å². The van der Waals surface area contributed by atoms with E-state index in [1.165, 1.54) is 0 Å². The van der Waals surface area contributed by atoms with Crippen LogP contribution < -0.4 is 10.1 Å². The van der Waals surface area contributed by atoms with Gasteiger partial charge in [-0.15, -0.1) is 0 Å². The van der Waals surface area contributed by atoms with Crippen molar-refractivity contribution < 1.29 is 9.53 Å². The van der Waals surface area contributed by atoms with E-state index < -0.39 is 0 Å². The van der Waals surface area contributed by atoms with Crippen LogP contribution in [0.4, 0.5) is 0 Å². The first kappa shape index (κ1) is 9.58. The van der Waals surface area contributed by atoms with Gasteiger partial charge in [0, 0.05) is 29.6 Å². The Morgan fingerprint density at radius 1 is 1.40 bits per heavy atom. The summed E-state index contributed by atoms with van der Waals surface area (Å²) < 4.78 is 5.07. The molecule has 0 spiro atoms. The Labute approximate surface area is 87.2 Å². The number of fused-ring (bicyclic) bond motifs is 1. The number of ether oxygens (including phenoxy) is 1. The molecule has 15 heavy (non-hydrogen) atoms. The third-order valence-corrected chi connectivity index (χ3v) is 2.31. The zero-order chi connectivity index (χ0) is 10.8. The Balaban J connectivity index is 2.50. The van der Waals surface area contributed by atoms with E-state index in [9.17, 15) is 4.79 Å². The summed E-state index contributed by atoms with van der Waals surface area (Å²) in [5.41, 5.74) is 1.53. The molecular weight excluding hydrogens is 192 g/mol. The van der Waals surface area contributed by atoms with E-state index >= 15 is 0 Å². The lowest BCUT2D eigenvalue weighted by molar-refractivity contribution is 0.0963. The van der Waals surface area contributed by atoms with Gasteiger partial charge in [-0.05, 0) is 12.1 Å². The molecule has 1 aromatic heterocycles. The van der Waals surface area contributed by atoms with Crippen LogP contribution in [0.5, 0.6) is 5.88 Å². The number of hydrogen-bond donors (Lipinski definition) is 2. The second-order valence-electron chi connectivity index (χ2n) is 3.22. The van der Waals surface area contributed by atoms with Gasteiger partial charge in [-0.3, -0.25) is 4.79 Å². The van der Waals surface area contributed by atoms with E-state index in [1.807, 2.05) is 12.1 Å². The normalized spacial score (nSPS) is 10.3. The minimum absolute atomic E-state index is 0.0922. The Bertz CT molecular complexity index is 502. The highest BCUT2D eigenvalue weighted by Crippen LogP contribution is 2.21. The maximum absolute atomic E-state index is 11.4. The number of carbonyl (C=O) groups is 1. The second-order valence-corrected chi connectivity index (χ2v) is 3.22. The van der Waals surface area contributed by atoms with Crippen LogP contribution in [0.1, 0.15) is 10.4 Å². The molecule has 4 nitrogen and oxygen atoms in total. The molecular formula is C11H12N2O2. The van der Waals surface area contributed by atoms with Crippen LogP contribution in [-0.4, -0.2) is 25.0 Å².